The topological polar surface area (TPSA) is 51.0 Å². The monoisotopic (exact) mass is 309 g/mol. The lowest BCUT2D eigenvalue weighted by Gasteiger charge is -2.04. The quantitative estimate of drug-likeness (QED) is 0.859. The zero-order valence-electron chi connectivity index (χ0n) is 11.0. The number of aromatic nitrogens is 2. The first-order valence-corrected chi connectivity index (χ1v) is 8.10. The van der Waals surface area contributed by atoms with Gasteiger partial charge in [0.05, 0.1) is 10.8 Å². The largest absolute Gasteiger partial charge is 0.339 e. The second-order valence-corrected chi connectivity index (χ2v) is 6.25. The van der Waals surface area contributed by atoms with E-state index in [9.17, 15) is 0 Å². The summed E-state index contributed by atoms with van der Waals surface area (Å²) in [6.07, 6.45) is 3.24. The SMILES string of the molecule is Clc1ccccc1SCc1noc(CC2CCCN2)n1. The van der Waals surface area contributed by atoms with Crippen LogP contribution in [0, 0.1) is 0 Å². The van der Waals surface area contributed by atoms with Crippen molar-refractivity contribution in [2.24, 2.45) is 0 Å². The number of nitrogens with one attached hydrogen (secondary N) is 1. The molecule has 1 N–H and O–H groups in total. The van der Waals surface area contributed by atoms with Crippen molar-refractivity contribution < 1.29 is 4.52 Å². The molecule has 3 rings (SSSR count). The van der Waals surface area contributed by atoms with Crippen molar-refractivity contribution in [1.29, 1.82) is 0 Å². The first kappa shape index (κ1) is 13.9. The summed E-state index contributed by atoms with van der Waals surface area (Å²) in [7, 11) is 0. The highest BCUT2D eigenvalue weighted by Gasteiger charge is 2.18. The molecule has 4 nitrogen and oxygen atoms in total. The maximum atomic E-state index is 6.12. The highest BCUT2D eigenvalue weighted by atomic mass is 35.5. The van der Waals surface area contributed by atoms with Gasteiger partial charge in [0.25, 0.3) is 0 Å². The van der Waals surface area contributed by atoms with E-state index in [0.717, 1.165) is 34.6 Å². The number of rotatable bonds is 5. The molecule has 0 aliphatic carbocycles. The van der Waals surface area contributed by atoms with Crippen LogP contribution in [0.25, 0.3) is 0 Å². The number of nitrogens with zero attached hydrogens (tertiary/aromatic N) is 2. The van der Waals surface area contributed by atoms with Crippen LogP contribution >= 0.6 is 23.4 Å². The number of halogens is 1. The van der Waals surface area contributed by atoms with Crippen LogP contribution in [0.15, 0.2) is 33.7 Å². The lowest BCUT2D eigenvalue weighted by Crippen LogP contribution is -2.23. The number of hydrogen-bond donors (Lipinski definition) is 1. The van der Waals surface area contributed by atoms with Crippen molar-refractivity contribution >= 4 is 23.4 Å². The van der Waals surface area contributed by atoms with E-state index in [-0.39, 0.29) is 0 Å². The van der Waals surface area contributed by atoms with E-state index in [0.29, 0.717) is 11.8 Å². The van der Waals surface area contributed by atoms with E-state index in [1.807, 2.05) is 24.3 Å². The van der Waals surface area contributed by atoms with Gasteiger partial charge < -0.3 is 9.84 Å². The van der Waals surface area contributed by atoms with Gasteiger partial charge in [-0.1, -0.05) is 28.9 Å². The molecule has 1 aromatic heterocycles. The normalized spacial score (nSPS) is 18.6. The van der Waals surface area contributed by atoms with Crippen LogP contribution in [0.2, 0.25) is 5.02 Å². The van der Waals surface area contributed by atoms with Gasteiger partial charge in [0.2, 0.25) is 5.89 Å². The maximum absolute atomic E-state index is 6.12. The lowest BCUT2D eigenvalue weighted by atomic mass is 10.2. The summed E-state index contributed by atoms with van der Waals surface area (Å²) in [6, 6.07) is 8.27. The third-order valence-corrected chi connectivity index (χ3v) is 4.80. The predicted octanol–water partition coefficient (Wildman–Crippen LogP) is 3.31. The van der Waals surface area contributed by atoms with E-state index in [4.69, 9.17) is 16.1 Å². The molecule has 2 heterocycles. The third kappa shape index (κ3) is 3.53. The molecule has 2 aromatic rings. The van der Waals surface area contributed by atoms with Crippen molar-refractivity contribution in [2.75, 3.05) is 6.54 Å². The molecule has 6 heteroatoms. The number of hydrogen-bond acceptors (Lipinski definition) is 5. The number of benzene rings is 1. The molecule has 0 amide bonds. The molecule has 0 bridgehead atoms. The predicted molar refractivity (Wildman–Crippen MR) is 80.0 cm³/mol. The van der Waals surface area contributed by atoms with Gasteiger partial charge in [-0.2, -0.15) is 4.98 Å². The molecule has 106 valence electrons. The molecule has 1 aromatic carbocycles. The van der Waals surface area contributed by atoms with Gasteiger partial charge in [-0.3, -0.25) is 0 Å². The molecule has 1 aliphatic rings. The zero-order chi connectivity index (χ0) is 13.8. The molecular formula is C14H16ClN3OS. The maximum Gasteiger partial charge on any atom is 0.228 e. The van der Waals surface area contributed by atoms with E-state index >= 15 is 0 Å². The summed E-state index contributed by atoms with van der Waals surface area (Å²) in [4.78, 5) is 5.48. The van der Waals surface area contributed by atoms with Crippen LogP contribution < -0.4 is 5.32 Å². The van der Waals surface area contributed by atoms with Gasteiger partial charge in [0.1, 0.15) is 0 Å². The van der Waals surface area contributed by atoms with Crippen LogP contribution in [0.4, 0.5) is 0 Å². The minimum absolute atomic E-state index is 0.486. The van der Waals surface area contributed by atoms with Crippen LogP contribution in [-0.2, 0) is 12.2 Å². The Morgan fingerprint density at radius 1 is 1.40 bits per heavy atom. The van der Waals surface area contributed by atoms with E-state index < -0.39 is 0 Å². The second kappa shape index (κ2) is 6.61. The fraction of sp³-hybridized carbons (Fsp3) is 0.429. The molecule has 0 spiro atoms. The van der Waals surface area contributed by atoms with E-state index in [1.165, 1.54) is 12.8 Å². The first-order valence-electron chi connectivity index (χ1n) is 6.73. The molecule has 20 heavy (non-hydrogen) atoms. The van der Waals surface area contributed by atoms with Crippen molar-refractivity contribution in [3.05, 3.63) is 41.0 Å². The Kier molecular flexibility index (Phi) is 4.60. The number of thioether (sulfide) groups is 1. The molecule has 1 unspecified atom stereocenters. The smallest absolute Gasteiger partial charge is 0.228 e. The van der Waals surface area contributed by atoms with Crippen molar-refractivity contribution in [3.63, 3.8) is 0 Å². The Bertz CT molecular complexity index is 569. The summed E-state index contributed by atoms with van der Waals surface area (Å²) in [5.74, 6) is 2.12. The Balaban J connectivity index is 1.56. The van der Waals surface area contributed by atoms with Crippen LogP contribution in [0.5, 0.6) is 0 Å². The van der Waals surface area contributed by atoms with E-state index in [2.05, 4.69) is 15.5 Å². The Labute approximate surface area is 127 Å². The Hall–Kier alpha value is -1.04. The van der Waals surface area contributed by atoms with Gasteiger partial charge in [-0.15, -0.1) is 11.8 Å². The fourth-order valence-corrected chi connectivity index (χ4v) is 3.36. The van der Waals surface area contributed by atoms with Crippen LogP contribution in [0.3, 0.4) is 0 Å². The molecule has 1 saturated heterocycles. The molecular weight excluding hydrogens is 294 g/mol. The molecule has 0 saturated carbocycles. The van der Waals surface area contributed by atoms with Gasteiger partial charge in [-0.25, -0.2) is 0 Å². The first-order chi connectivity index (χ1) is 9.81. The van der Waals surface area contributed by atoms with Crippen molar-refractivity contribution in [2.45, 2.75) is 36.0 Å². The second-order valence-electron chi connectivity index (χ2n) is 4.82. The minimum atomic E-state index is 0.486. The van der Waals surface area contributed by atoms with Gasteiger partial charge in [0, 0.05) is 17.4 Å². The summed E-state index contributed by atoms with van der Waals surface area (Å²) in [5, 5.41) is 8.21. The van der Waals surface area contributed by atoms with Crippen molar-refractivity contribution in [3.8, 4) is 0 Å². The summed E-state index contributed by atoms with van der Waals surface area (Å²) < 4.78 is 5.30. The zero-order valence-corrected chi connectivity index (χ0v) is 12.6. The van der Waals surface area contributed by atoms with Gasteiger partial charge >= 0.3 is 0 Å². The lowest BCUT2D eigenvalue weighted by molar-refractivity contribution is 0.361. The third-order valence-electron chi connectivity index (χ3n) is 3.29. The highest BCUT2D eigenvalue weighted by molar-refractivity contribution is 7.98. The molecule has 1 atom stereocenters. The summed E-state index contributed by atoms with van der Waals surface area (Å²) >= 11 is 7.74. The van der Waals surface area contributed by atoms with Crippen molar-refractivity contribution in [1.82, 2.24) is 15.5 Å². The Morgan fingerprint density at radius 2 is 2.30 bits per heavy atom. The van der Waals surface area contributed by atoms with Crippen LogP contribution in [-0.4, -0.2) is 22.7 Å². The van der Waals surface area contributed by atoms with Gasteiger partial charge in [-0.05, 0) is 31.5 Å². The molecule has 0 radical (unpaired) electrons. The van der Waals surface area contributed by atoms with E-state index in [1.54, 1.807) is 11.8 Å². The van der Waals surface area contributed by atoms with Crippen LogP contribution in [0.1, 0.15) is 24.6 Å². The standard InChI is InChI=1S/C14H16ClN3OS/c15-11-5-1-2-6-12(11)20-9-13-17-14(19-18-13)8-10-4-3-7-16-10/h1-2,5-6,10,16H,3-4,7-9H2. The molecule has 1 aliphatic heterocycles. The van der Waals surface area contributed by atoms with Gasteiger partial charge in [0.15, 0.2) is 5.82 Å². The fourth-order valence-electron chi connectivity index (χ4n) is 2.28. The highest BCUT2D eigenvalue weighted by Crippen LogP contribution is 2.28. The summed E-state index contributed by atoms with van der Waals surface area (Å²) in [5.41, 5.74) is 0. The Morgan fingerprint density at radius 3 is 3.10 bits per heavy atom. The average molecular weight is 310 g/mol. The summed E-state index contributed by atoms with van der Waals surface area (Å²) in [6.45, 7) is 1.09. The minimum Gasteiger partial charge on any atom is -0.339 e. The average Bonchev–Trinajstić information content (AvgIpc) is 3.10. The molecule has 1 fully saturated rings.